The minimum Gasteiger partial charge on any atom is -0.388 e. The van der Waals surface area contributed by atoms with Crippen LogP contribution in [0, 0.1) is 5.92 Å². The summed E-state index contributed by atoms with van der Waals surface area (Å²) < 4.78 is 0. The van der Waals surface area contributed by atoms with Crippen LogP contribution in [0.4, 0.5) is 0 Å². The number of hydrogen-bond acceptors (Lipinski definition) is 3. The van der Waals surface area contributed by atoms with Crippen LogP contribution in [0.1, 0.15) is 52.4 Å². The molecular formula is C15H32N2O. The van der Waals surface area contributed by atoms with Crippen molar-refractivity contribution in [1.82, 2.24) is 10.2 Å². The highest BCUT2D eigenvalue weighted by atomic mass is 16.3. The Morgan fingerprint density at radius 1 is 1.22 bits per heavy atom. The van der Waals surface area contributed by atoms with E-state index in [2.05, 4.69) is 12.2 Å². The monoisotopic (exact) mass is 256 g/mol. The van der Waals surface area contributed by atoms with Crippen molar-refractivity contribution in [2.45, 2.75) is 64.0 Å². The largest absolute Gasteiger partial charge is 0.388 e. The fourth-order valence-corrected chi connectivity index (χ4v) is 3.16. The summed E-state index contributed by atoms with van der Waals surface area (Å²) in [5.41, 5.74) is -0.621. The van der Waals surface area contributed by atoms with Gasteiger partial charge in [-0.15, -0.1) is 0 Å². The summed E-state index contributed by atoms with van der Waals surface area (Å²) in [6.45, 7) is 5.62. The van der Waals surface area contributed by atoms with Crippen LogP contribution >= 0.6 is 0 Å². The van der Waals surface area contributed by atoms with Crippen LogP contribution < -0.4 is 5.32 Å². The van der Waals surface area contributed by atoms with Crippen LogP contribution in [0.3, 0.4) is 0 Å². The van der Waals surface area contributed by atoms with Crippen LogP contribution in [0.5, 0.6) is 0 Å². The van der Waals surface area contributed by atoms with Crippen LogP contribution in [-0.4, -0.2) is 48.8 Å². The molecule has 1 aliphatic carbocycles. The minimum atomic E-state index is -0.621. The first-order valence-corrected chi connectivity index (χ1v) is 7.53. The Morgan fingerprint density at radius 3 is 2.33 bits per heavy atom. The second-order valence-electron chi connectivity index (χ2n) is 6.62. The van der Waals surface area contributed by atoms with Crippen LogP contribution in [0.2, 0.25) is 0 Å². The standard InChI is InChI=1S/C15H32N2O/c1-5-6-13-7-9-14(10-8-13)16-11-15(2,18)12-17(3)4/h13-14,16,18H,5-12H2,1-4H3. The number of aliphatic hydroxyl groups is 1. The number of likely N-dealkylation sites (N-methyl/N-ethyl adjacent to an activating group) is 1. The molecule has 0 radical (unpaired) electrons. The summed E-state index contributed by atoms with van der Waals surface area (Å²) in [7, 11) is 4.01. The average molecular weight is 256 g/mol. The Bertz CT molecular complexity index is 221. The molecule has 18 heavy (non-hydrogen) atoms. The van der Waals surface area contributed by atoms with Crippen molar-refractivity contribution < 1.29 is 5.11 Å². The molecule has 0 aromatic carbocycles. The van der Waals surface area contributed by atoms with E-state index in [0.717, 1.165) is 5.92 Å². The Morgan fingerprint density at radius 2 is 1.83 bits per heavy atom. The zero-order valence-corrected chi connectivity index (χ0v) is 12.7. The maximum atomic E-state index is 10.2. The average Bonchev–Trinajstić information content (AvgIpc) is 2.27. The van der Waals surface area contributed by atoms with E-state index in [1.807, 2.05) is 25.9 Å². The van der Waals surface area contributed by atoms with Gasteiger partial charge in [-0.25, -0.2) is 0 Å². The molecule has 0 amide bonds. The van der Waals surface area contributed by atoms with Crippen LogP contribution in [-0.2, 0) is 0 Å². The second-order valence-corrected chi connectivity index (χ2v) is 6.62. The van der Waals surface area contributed by atoms with E-state index in [1.54, 1.807) is 0 Å². The summed E-state index contributed by atoms with van der Waals surface area (Å²) in [6.07, 6.45) is 8.00. The highest BCUT2D eigenvalue weighted by molar-refractivity contribution is 4.83. The third-order valence-electron chi connectivity index (χ3n) is 3.97. The first-order chi connectivity index (χ1) is 8.43. The Kier molecular flexibility index (Phi) is 6.61. The molecule has 0 aromatic heterocycles. The van der Waals surface area contributed by atoms with E-state index in [0.29, 0.717) is 19.1 Å². The number of hydrogen-bond donors (Lipinski definition) is 2. The van der Waals surface area contributed by atoms with Crippen LogP contribution in [0.15, 0.2) is 0 Å². The van der Waals surface area contributed by atoms with E-state index in [1.165, 1.54) is 38.5 Å². The van der Waals surface area contributed by atoms with Crippen molar-refractivity contribution in [3.05, 3.63) is 0 Å². The predicted molar refractivity (Wildman–Crippen MR) is 77.8 cm³/mol. The second kappa shape index (κ2) is 7.46. The van der Waals surface area contributed by atoms with Gasteiger partial charge in [-0.1, -0.05) is 19.8 Å². The molecule has 0 heterocycles. The molecule has 0 aliphatic heterocycles. The summed E-state index contributed by atoms with van der Waals surface area (Å²) in [4.78, 5) is 2.04. The summed E-state index contributed by atoms with van der Waals surface area (Å²) >= 11 is 0. The van der Waals surface area contributed by atoms with Gasteiger partial charge in [-0.05, 0) is 52.6 Å². The third-order valence-corrected chi connectivity index (χ3v) is 3.97. The van der Waals surface area contributed by atoms with Gasteiger partial charge < -0.3 is 15.3 Å². The SMILES string of the molecule is CCCC1CCC(NCC(C)(O)CN(C)C)CC1. The van der Waals surface area contributed by atoms with Crippen LogP contribution in [0.25, 0.3) is 0 Å². The number of rotatable bonds is 7. The minimum absolute atomic E-state index is 0.617. The van der Waals surface area contributed by atoms with Crippen molar-refractivity contribution in [1.29, 1.82) is 0 Å². The normalized spacial score (nSPS) is 28.3. The van der Waals surface area contributed by atoms with Crippen molar-refractivity contribution >= 4 is 0 Å². The van der Waals surface area contributed by atoms with Gasteiger partial charge in [0.15, 0.2) is 0 Å². The van der Waals surface area contributed by atoms with Crippen molar-refractivity contribution in [3.63, 3.8) is 0 Å². The van der Waals surface area contributed by atoms with Crippen molar-refractivity contribution in [2.75, 3.05) is 27.2 Å². The van der Waals surface area contributed by atoms with E-state index in [9.17, 15) is 5.11 Å². The molecule has 1 rings (SSSR count). The van der Waals surface area contributed by atoms with Gasteiger partial charge >= 0.3 is 0 Å². The van der Waals surface area contributed by atoms with Gasteiger partial charge in [0.25, 0.3) is 0 Å². The van der Waals surface area contributed by atoms with Gasteiger partial charge in [-0.2, -0.15) is 0 Å². The molecule has 1 fully saturated rings. The Hall–Kier alpha value is -0.120. The van der Waals surface area contributed by atoms with Gasteiger partial charge in [0, 0.05) is 19.1 Å². The predicted octanol–water partition coefficient (Wildman–Crippen LogP) is 2.25. The highest BCUT2D eigenvalue weighted by Crippen LogP contribution is 2.27. The van der Waals surface area contributed by atoms with Gasteiger partial charge in [0.05, 0.1) is 5.60 Å². The molecule has 3 heteroatoms. The maximum Gasteiger partial charge on any atom is 0.0869 e. The molecule has 0 saturated heterocycles. The maximum absolute atomic E-state index is 10.2. The summed E-state index contributed by atoms with van der Waals surface area (Å²) in [5.74, 6) is 0.954. The first-order valence-electron chi connectivity index (χ1n) is 7.53. The lowest BCUT2D eigenvalue weighted by Crippen LogP contribution is -2.48. The summed E-state index contributed by atoms with van der Waals surface area (Å²) in [6, 6.07) is 0.617. The van der Waals surface area contributed by atoms with Gasteiger partial charge in [0.2, 0.25) is 0 Å². The zero-order valence-electron chi connectivity index (χ0n) is 12.7. The molecule has 1 atom stereocenters. The van der Waals surface area contributed by atoms with E-state index in [4.69, 9.17) is 0 Å². The fraction of sp³-hybridized carbons (Fsp3) is 1.00. The lowest BCUT2D eigenvalue weighted by Gasteiger charge is -2.33. The van der Waals surface area contributed by atoms with Gasteiger partial charge in [-0.3, -0.25) is 0 Å². The van der Waals surface area contributed by atoms with E-state index < -0.39 is 5.60 Å². The zero-order chi connectivity index (χ0) is 13.6. The molecule has 1 saturated carbocycles. The molecular weight excluding hydrogens is 224 g/mol. The quantitative estimate of drug-likeness (QED) is 0.733. The van der Waals surface area contributed by atoms with E-state index >= 15 is 0 Å². The third kappa shape index (κ3) is 6.17. The molecule has 3 nitrogen and oxygen atoms in total. The topological polar surface area (TPSA) is 35.5 Å². The molecule has 108 valence electrons. The fourth-order valence-electron chi connectivity index (χ4n) is 3.16. The Balaban J connectivity index is 2.21. The molecule has 0 aromatic rings. The smallest absolute Gasteiger partial charge is 0.0869 e. The lowest BCUT2D eigenvalue weighted by molar-refractivity contribution is 0.0295. The van der Waals surface area contributed by atoms with E-state index in [-0.39, 0.29) is 0 Å². The number of nitrogens with one attached hydrogen (secondary N) is 1. The van der Waals surface area contributed by atoms with Gasteiger partial charge in [0.1, 0.15) is 0 Å². The summed E-state index contributed by atoms with van der Waals surface area (Å²) in [5, 5.41) is 13.8. The highest BCUT2D eigenvalue weighted by Gasteiger charge is 2.25. The number of nitrogens with zero attached hydrogens (tertiary/aromatic N) is 1. The molecule has 1 aliphatic rings. The van der Waals surface area contributed by atoms with Crippen molar-refractivity contribution in [3.8, 4) is 0 Å². The first kappa shape index (κ1) is 15.9. The lowest BCUT2D eigenvalue weighted by atomic mass is 9.83. The molecule has 0 spiro atoms. The molecule has 1 unspecified atom stereocenters. The molecule has 2 N–H and O–H groups in total. The Labute approximate surface area is 113 Å². The van der Waals surface area contributed by atoms with Crippen molar-refractivity contribution in [2.24, 2.45) is 5.92 Å². The molecule has 0 bridgehead atoms.